The van der Waals surface area contributed by atoms with Crippen LogP contribution in [-0.2, 0) is 6.54 Å². The fourth-order valence-corrected chi connectivity index (χ4v) is 2.50. The molecular weight excluding hydrogens is 270 g/mol. The van der Waals surface area contributed by atoms with Gasteiger partial charge in [-0.05, 0) is 42.1 Å². The molecule has 2 heteroatoms. The van der Waals surface area contributed by atoms with Crippen LogP contribution in [0.15, 0.2) is 66.7 Å². The smallest absolute Gasteiger partial charge is 0.135 e. The van der Waals surface area contributed by atoms with Gasteiger partial charge in [0.05, 0.1) is 0 Å². The van der Waals surface area contributed by atoms with Crippen molar-refractivity contribution < 1.29 is 4.74 Å². The molecule has 0 aliphatic heterocycles. The molecular formula is C20H21NO. The second-order valence-corrected chi connectivity index (χ2v) is 5.40. The van der Waals surface area contributed by atoms with Crippen LogP contribution < -0.4 is 10.1 Å². The number of nitrogens with one attached hydrogen (secondary N) is 1. The molecule has 0 spiro atoms. The third kappa shape index (κ3) is 3.46. The van der Waals surface area contributed by atoms with E-state index < -0.39 is 0 Å². The fraction of sp³-hybridized carbons (Fsp3) is 0.200. The van der Waals surface area contributed by atoms with E-state index in [0.717, 1.165) is 36.4 Å². The zero-order chi connectivity index (χ0) is 15.2. The first-order valence-electron chi connectivity index (χ1n) is 7.82. The van der Waals surface area contributed by atoms with Gasteiger partial charge in [0.2, 0.25) is 0 Å². The first-order chi connectivity index (χ1) is 10.9. The third-order valence-corrected chi connectivity index (χ3v) is 3.66. The average molecular weight is 291 g/mol. The van der Waals surface area contributed by atoms with Gasteiger partial charge in [-0.25, -0.2) is 0 Å². The van der Waals surface area contributed by atoms with Crippen molar-refractivity contribution in [2.24, 2.45) is 0 Å². The summed E-state index contributed by atoms with van der Waals surface area (Å²) in [5, 5.41) is 5.74. The molecule has 0 fully saturated rings. The summed E-state index contributed by atoms with van der Waals surface area (Å²) in [6.07, 6.45) is 1.16. The highest BCUT2D eigenvalue weighted by Gasteiger charge is 2.03. The van der Waals surface area contributed by atoms with Crippen LogP contribution in [0, 0.1) is 0 Å². The van der Waals surface area contributed by atoms with Gasteiger partial charge in [0.15, 0.2) is 0 Å². The van der Waals surface area contributed by atoms with Crippen LogP contribution in [0.2, 0.25) is 0 Å². The standard InChI is InChI=1S/C20H21NO/c1-2-14-21-15-16-10-12-18(13-11-16)22-20-9-5-7-17-6-3-4-8-19(17)20/h3-13,21H,2,14-15H2,1H3. The predicted octanol–water partition coefficient (Wildman–Crippen LogP) is 5.13. The Balaban J connectivity index is 1.75. The van der Waals surface area contributed by atoms with Crippen molar-refractivity contribution in [2.75, 3.05) is 6.54 Å². The molecule has 0 radical (unpaired) electrons. The summed E-state index contributed by atoms with van der Waals surface area (Å²) in [6.45, 7) is 4.13. The minimum absolute atomic E-state index is 0.871. The van der Waals surface area contributed by atoms with Gasteiger partial charge in [0.1, 0.15) is 11.5 Å². The Hall–Kier alpha value is -2.32. The minimum atomic E-state index is 0.871. The normalized spacial score (nSPS) is 10.8. The molecule has 0 amide bonds. The third-order valence-electron chi connectivity index (χ3n) is 3.66. The molecule has 0 heterocycles. The minimum Gasteiger partial charge on any atom is -0.457 e. The first-order valence-corrected chi connectivity index (χ1v) is 7.82. The van der Waals surface area contributed by atoms with Crippen LogP contribution >= 0.6 is 0 Å². The summed E-state index contributed by atoms with van der Waals surface area (Å²) in [5.74, 6) is 1.77. The summed E-state index contributed by atoms with van der Waals surface area (Å²) < 4.78 is 6.05. The van der Waals surface area contributed by atoms with Crippen molar-refractivity contribution in [3.05, 3.63) is 72.3 Å². The van der Waals surface area contributed by atoms with Gasteiger partial charge in [-0.1, -0.05) is 55.5 Å². The van der Waals surface area contributed by atoms with Gasteiger partial charge in [-0.15, -0.1) is 0 Å². The maximum absolute atomic E-state index is 6.05. The molecule has 2 nitrogen and oxygen atoms in total. The van der Waals surface area contributed by atoms with Crippen LogP contribution in [0.3, 0.4) is 0 Å². The SMILES string of the molecule is CCCNCc1ccc(Oc2cccc3ccccc23)cc1. The lowest BCUT2D eigenvalue weighted by Gasteiger charge is -2.10. The number of benzene rings is 3. The monoisotopic (exact) mass is 291 g/mol. The number of hydrogen-bond donors (Lipinski definition) is 1. The summed E-state index contributed by atoms with van der Waals surface area (Å²) in [6, 6.07) is 22.7. The molecule has 1 N–H and O–H groups in total. The molecule has 0 saturated heterocycles. The van der Waals surface area contributed by atoms with Gasteiger partial charge in [-0.2, -0.15) is 0 Å². The van der Waals surface area contributed by atoms with Crippen molar-refractivity contribution in [2.45, 2.75) is 19.9 Å². The Kier molecular flexibility index (Phi) is 4.71. The van der Waals surface area contributed by atoms with Crippen molar-refractivity contribution in [3.8, 4) is 11.5 Å². The van der Waals surface area contributed by atoms with E-state index in [2.05, 4.69) is 42.6 Å². The van der Waals surface area contributed by atoms with Crippen molar-refractivity contribution >= 4 is 10.8 Å². The number of rotatable bonds is 6. The van der Waals surface area contributed by atoms with Crippen LogP contribution in [0.5, 0.6) is 11.5 Å². The molecule has 0 aliphatic rings. The van der Waals surface area contributed by atoms with E-state index in [1.165, 1.54) is 10.9 Å². The molecule has 112 valence electrons. The highest BCUT2D eigenvalue weighted by molar-refractivity contribution is 5.88. The molecule has 0 atom stereocenters. The quantitative estimate of drug-likeness (QED) is 0.635. The second kappa shape index (κ2) is 7.10. The number of hydrogen-bond acceptors (Lipinski definition) is 2. The van der Waals surface area contributed by atoms with E-state index >= 15 is 0 Å². The summed E-state index contributed by atoms with van der Waals surface area (Å²) in [4.78, 5) is 0. The molecule has 0 saturated carbocycles. The lowest BCUT2D eigenvalue weighted by Crippen LogP contribution is -2.13. The van der Waals surface area contributed by atoms with Crippen LogP contribution in [0.4, 0.5) is 0 Å². The molecule has 3 aromatic carbocycles. The number of fused-ring (bicyclic) bond motifs is 1. The molecule has 0 aliphatic carbocycles. The fourth-order valence-electron chi connectivity index (χ4n) is 2.50. The average Bonchev–Trinajstić information content (AvgIpc) is 2.57. The summed E-state index contributed by atoms with van der Waals surface area (Å²) in [7, 11) is 0. The predicted molar refractivity (Wildman–Crippen MR) is 92.5 cm³/mol. The lowest BCUT2D eigenvalue weighted by atomic mass is 10.1. The van der Waals surface area contributed by atoms with E-state index in [-0.39, 0.29) is 0 Å². The maximum Gasteiger partial charge on any atom is 0.135 e. The first kappa shape index (κ1) is 14.6. The topological polar surface area (TPSA) is 21.3 Å². The van der Waals surface area contributed by atoms with E-state index in [9.17, 15) is 0 Å². The number of ether oxygens (including phenoxy) is 1. The van der Waals surface area contributed by atoms with Gasteiger partial charge in [0.25, 0.3) is 0 Å². The molecule has 3 aromatic rings. The molecule has 0 bridgehead atoms. The van der Waals surface area contributed by atoms with E-state index in [4.69, 9.17) is 4.74 Å². The summed E-state index contributed by atoms with van der Waals surface area (Å²) >= 11 is 0. The molecule has 22 heavy (non-hydrogen) atoms. The van der Waals surface area contributed by atoms with Crippen LogP contribution in [-0.4, -0.2) is 6.54 Å². The largest absolute Gasteiger partial charge is 0.457 e. The maximum atomic E-state index is 6.05. The molecule has 0 unspecified atom stereocenters. The van der Waals surface area contributed by atoms with Gasteiger partial charge in [0, 0.05) is 11.9 Å². The second-order valence-electron chi connectivity index (χ2n) is 5.40. The zero-order valence-electron chi connectivity index (χ0n) is 12.9. The zero-order valence-corrected chi connectivity index (χ0v) is 12.9. The Morgan fingerprint density at radius 2 is 1.64 bits per heavy atom. The van der Waals surface area contributed by atoms with E-state index in [1.54, 1.807) is 0 Å². The van der Waals surface area contributed by atoms with E-state index in [0.29, 0.717) is 0 Å². The van der Waals surface area contributed by atoms with Crippen LogP contribution in [0.1, 0.15) is 18.9 Å². The Morgan fingerprint density at radius 3 is 2.45 bits per heavy atom. The van der Waals surface area contributed by atoms with Gasteiger partial charge in [-0.3, -0.25) is 0 Å². The van der Waals surface area contributed by atoms with Crippen LogP contribution in [0.25, 0.3) is 10.8 Å². The molecule has 3 rings (SSSR count). The highest BCUT2D eigenvalue weighted by Crippen LogP contribution is 2.29. The van der Waals surface area contributed by atoms with Crippen molar-refractivity contribution in [1.82, 2.24) is 5.32 Å². The Bertz CT molecular complexity index is 729. The Labute approximate surface area is 131 Å². The van der Waals surface area contributed by atoms with Gasteiger partial charge < -0.3 is 10.1 Å². The Morgan fingerprint density at radius 1 is 0.864 bits per heavy atom. The lowest BCUT2D eigenvalue weighted by molar-refractivity contribution is 0.488. The van der Waals surface area contributed by atoms with Crippen molar-refractivity contribution in [1.29, 1.82) is 0 Å². The van der Waals surface area contributed by atoms with Gasteiger partial charge >= 0.3 is 0 Å². The molecule has 0 aromatic heterocycles. The highest BCUT2D eigenvalue weighted by atomic mass is 16.5. The van der Waals surface area contributed by atoms with E-state index in [1.807, 2.05) is 36.4 Å². The summed E-state index contributed by atoms with van der Waals surface area (Å²) in [5.41, 5.74) is 1.28. The van der Waals surface area contributed by atoms with Crippen molar-refractivity contribution in [3.63, 3.8) is 0 Å².